The maximum Gasteiger partial charge on any atom is 0.324 e. The van der Waals surface area contributed by atoms with Crippen molar-refractivity contribution in [1.82, 2.24) is 4.31 Å². The molecule has 33 heavy (non-hydrogen) atoms. The summed E-state index contributed by atoms with van der Waals surface area (Å²) in [7, 11) is -0.929. The summed E-state index contributed by atoms with van der Waals surface area (Å²) >= 11 is 12.0. The van der Waals surface area contributed by atoms with E-state index in [1.807, 2.05) is 0 Å². The molecule has 8 nitrogen and oxygen atoms in total. The van der Waals surface area contributed by atoms with E-state index in [1.54, 1.807) is 18.2 Å². The molecule has 1 saturated heterocycles. The van der Waals surface area contributed by atoms with E-state index in [2.05, 4.69) is 0 Å². The van der Waals surface area contributed by atoms with E-state index in [0.717, 1.165) is 4.31 Å². The third-order valence-electron chi connectivity index (χ3n) is 5.12. The van der Waals surface area contributed by atoms with Crippen molar-refractivity contribution in [1.29, 1.82) is 0 Å². The Morgan fingerprint density at radius 3 is 2.36 bits per heavy atom. The first kappa shape index (κ1) is 25.4. The van der Waals surface area contributed by atoms with Gasteiger partial charge < -0.3 is 18.9 Å². The number of esters is 1. The predicted octanol–water partition coefficient (Wildman–Crippen LogP) is 4.18. The molecule has 0 saturated carbocycles. The Morgan fingerprint density at radius 2 is 1.70 bits per heavy atom. The molecule has 0 bridgehead atoms. The number of methoxy groups -OCH3 is 2. The molecule has 1 heterocycles. The number of piperidine rings is 1. The minimum absolute atomic E-state index is 0.0411. The molecule has 0 unspecified atom stereocenters. The van der Waals surface area contributed by atoms with Gasteiger partial charge in [-0.25, -0.2) is 8.42 Å². The molecule has 0 aromatic heterocycles. The first-order valence-electron chi connectivity index (χ1n) is 10.3. The van der Waals surface area contributed by atoms with Crippen molar-refractivity contribution in [3.8, 4) is 17.2 Å². The van der Waals surface area contributed by atoms with Crippen molar-refractivity contribution in [3.63, 3.8) is 0 Å². The molecule has 1 aliphatic heterocycles. The number of carbonyl (C=O) groups excluding carboxylic acids is 1. The van der Waals surface area contributed by atoms with Crippen LogP contribution in [0.2, 0.25) is 10.0 Å². The first-order valence-corrected chi connectivity index (χ1v) is 12.4. The van der Waals surface area contributed by atoms with Gasteiger partial charge in [0.2, 0.25) is 10.0 Å². The normalized spacial score (nSPS) is 16.8. The fraction of sp³-hybridized carbons (Fsp3) is 0.409. The SMILES string of the molecule is COc1ccc(OCCOC(=O)[C@@H]2CCCCN2S(=O)(=O)c2cc(Cl)cc(Cl)c2)cc1OC. The highest BCUT2D eigenvalue weighted by molar-refractivity contribution is 7.89. The Labute approximate surface area is 203 Å². The molecule has 1 aliphatic rings. The van der Waals surface area contributed by atoms with Crippen LogP contribution in [-0.4, -0.2) is 58.7 Å². The highest BCUT2D eigenvalue weighted by atomic mass is 35.5. The fourth-order valence-electron chi connectivity index (χ4n) is 3.55. The molecular weight excluding hydrogens is 493 g/mol. The van der Waals surface area contributed by atoms with Crippen LogP contribution in [-0.2, 0) is 19.6 Å². The Bertz CT molecular complexity index is 1070. The van der Waals surface area contributed by atoms with Gasteiger partial charge in [0.05, 0.1) is 19.1 Å². The zero-order chi connectivity index (χ0) is 24.0. The molecule has 0 radical (unpaired) electrons. The van der Waals surface area contributed by atoms with Crippen LogP contribution in [0.25, 0.3) is 0 Å². The maximum atomic E-state index is 13.2. The van der Waals surface area contributed by atoms with Crippen molar-refractivity contribution in [2.75, 3.05) is 34.0 Å². The van der Waals surface area contributed by atoms with Gasteiger partial charge in [-0.2, -0.15) is 4.31 Å². The number of nitrogens with zero attached hydrogens (tertiary/aromatic N) is 1. The van der Waals surface area contributed by atoms with Crippen LogP contribution in [0.5, 0.6) is 17.2 Å². The molecule has 1 atom stereocenters. The second-order valence-corrected chi connectivity index (χ2v) is 10.0. The third kappa shape index (κ3) is 6.23. The summed E-state index contributed by atoms with van der Waals surface area (Å²) in [6.45, 7) is 0.250. The van der Waals surface area contributed by atoms with Gasteiger partial charge in [-0.05, 0) is 49.6 Å². The lowest BCUT2D eigenvalue weighted by Crippen LogP contribution is -2.48. The van der Waals surface area contributed by atoms with Gasteiger partial charge in [-0.1, -0.05) is 23.2 Å². The zero-order valence-electron chi connectivity index (χ0n) is 18.3. The Morgan fingerprint density at radius 1 is 1.00 bits per heavy atom. The number of hydrogen-bond acceptors (Lipinski definition) is 7. The number of sulfonamides is 1. The van der Waals surface area contributed by atoms with Gasteiger partial charge in [0.1, 0.15) is 25.0 Å². The van der Waals surface area contributed by atoms with Crippen molar-refractivity contribution < 1.29 is 32.2 Å². The second kappa shape index (κ2) is 11.3. The quantitative estimate of drug-likeness (QED) is 0.364. The van der Waals surface area contributed by atoms with Gasteiger partial charge in [-0.3, -0.25) is 4.79 Å². The minimum Gasteiger partial charge on any atom is -0.493 e. The molecule has 0 aliphatic carbocycles. The Balaban J connectivity index is 1.62. The van der Waals surface area contributed by atoms with Crippen molar-refractivity contribution in [3.05, 3.63) is 46.4 Å². The van der Waals surface area contributed by atoms with Crippen LogP contribution < -0.4 is 14.2 Å². The molecule has 11 heteroatoms. The van der Waals surface area contributed by atoms with Crippen LogP contribution in [0, 0.1) is 0 Å². The summed E-state index contributed by atoms with van der Waals surface area (Å²) in [6.07, 6.45) is 1.72. The van der Waals surface area contributed by atoms with Crippen LogP contribution in [0.1, 0.15) is 19.3 Å². The first-order chi connectivity index (χ1) is 15.8. The molecule has 0 amide bonds. The summed E-state index contributed by atoms with van der Waals surface area (Å²) in [5.74, 6) is 0.970. The van der Waals surface area contributed by atoms with E-state index in [0.29, 0.717) is 36.5 Å². The molecule has 2 aromatic rings. The van der Waals surface area contributed by atoms with Gasteiger partial charge in [0, 0.05) is 22.7 Å². The number of hydrogen-bond donors (Lipinski definition) is 0. The Hall–Kier alpha value is -2.20. The summed E-state index contributed by atoms with van der Waals surface area (Å²) in [5, 5.41) is 0.397. The van der Waals surface area contributed by atoms with Gasteiger partial charge >= 0.3 is 5.97 Å². The number of rotatable bonds is 9. The van der Waals surface area contributed by atoms with Crippen molar-refractivity contribution >= 4 is 39.2 Å². The monoisotopic (exact) mass is 517 g/mol. The summed E-state index contributed by atoms with van der Waals surface area (Å²) in [5.41, 5.74) is 0. The van der Waals surface area contributed by atoms with Gasteiger partial charge in [-0.15, -0.1) is 0 Å². The molecular formula is C22H25Cl2NO7S. The lowest BCUT2D eigenvalue weighted by atomic mass is 10.1. The smallest absolute Gasteiger partial charge is 0.324 e. The van der Waals surface area contributed by atoms with E-state index in [9.17, 15) is 13.2 Å². The summed E-state index contributed by atoms with van der Waals surface area (Å²) in [4.78, 5) is 12.7. The van der Waals surface area contributed by atoms with Crippen LogP contribution in [0.15, 0.2) is 41.3 Å². The lowest BCUT2D eigenvalue weighted by molar-refractivity contribution is -0.149. The molecule has 2 aromatic carbocycles. The third-order valence-corrected chi connectivity index (χ3v) is 7.44. The van der Waals surface area contributed by atoms with Crippen molar-refractivity contribution in [2.24, 2.45) is 0 Å². The minimum atomic E-state index is -3.98. The molecule has 0 N–H and O–H groups in total. The average molecular weight is 518 g/mol. The number of benzene rings is 2. The average Bonchev–Trinajstić information content (AvgIpc) is 2.80. The van der Waals surface area contributed by atoms with E-state index in [-0.39, 0.29) is 34.7 Å². The number of halogens is 2. The van der Waals surface area contributed by atoms with E-state index in [1.165, 1.54) is 32.4 Å². The summed E-state index contributed by atoms with van der Waals surface area (Å²) in [6, 6.07) is 8.21. The zero-order valence-corrected chi connectivity index (χ0v) is 20.6. The topological polar surface area (TPSA) is 91.4 Å². The fourth-order valence-corrected chi connectivity index (χ4v) is 5.92. The van der Waals surface area contributed by atoms with Crippen LogP contribution in [0.4, 0.5) is 0 Å². The van der Waals surface area contributed by atoms with E-state index < -0.39 is 22.0 Å². The number of carbonyl (C=O) groups is 1. The van der Waals surface area contributed by atoms with Gasteiger partial charge in [0.15, 0.2) is 11.5 Å². The standard InChI is InChI=1S/C22H25Cl2NO7S/c1-29-20-7-6-17(14-21(20)30-2)31-9-10-32-22(26)19-5-3-4-8-25(19)33(27,28)18-12-15(23)11-16(24)13-18/h6-7,11-14,19H,3-5,8-10H2,1-2H3/t19-/m0/s1. The highest BCUT2D eigenvalue weighted by Crippen LogP contribution is 2.31. The van der Waals surface area contributed by atoms with E-state index in [4.69, 9.17) is 42.1 Å². The van der Waals surface area contributed by atoms with Crippen LogP contribution in [0.3, 0.4) is 0 Å². The van der Waals surface area contributed by atoms with Gasteiger partial charge in [0.25, 0.3) is 0 Å². The molecule has 180 valence electrons. The largest absolute Gasteiger partial charge is 0.493 e. The molecule has 1 fully saturated rings. The molecule has 0 spiro atoms. The lowest BCUT2D eigenvalue weighted by Gasteiger charge is -2.33. The maximum absolute atomic E-state index is 13.2. The predicted molar refractivity (Wildman–Crippen MR) is 124 cm³/mol. The molecule has 3 rings (SSSR count). The van der Waals surface area contributed by atoms with E-state index >= 15 is 0 Å². The number of ether oxygens (including phenoxy) is 4. The highest BCUT2D eigenvalue weighted by Gasteiger charge is 2.38. The Kier molecular flexibility index (Phi) is 8.69. The summed E-state index contributed by atoms with van der Waals surface area (Å²) < 4.78 is 48.9. The van der Waals surface area contributed by atoms with Crippen molar-refractivity contribution in [2.45, 2.75) is 30.2 Å². The second-order valence-electron chi connectivity index (χ2n) is 7.27. The van der Waals surface area contributed by atoms with Crippen LogP contribution >= 0.6 is 23.2 Å².